The average Bonchev–Trinajstić information content (AvgIpc) is 2.95. The van der Waals surface area contributed by atoms with Crippen molar-refractivity contribution in [1.82, 2.24) is 4.98 Å². The molecule has 3 aromatic rings. The Labute approximate surface area is 107 Å². The molecule has 3 heterocycles. The first-order valence-corrected chi connectivity index (χ1v) is 6.39. The summed E-state index contributed by atoms with van der Waals surface area (Å²) in [5.41, 5.74) is 2.38. The molecule has 0 saturated heterocycles. The number of thiophene rings is 1. The van der Waals surface area contributed by atoms with Crippen LogP contribution in [-0.2, 0) is 6.54 Å². The van der Waals surface area contributed by atoms with E-state index in [1.54, 1.807) is 29.7 Å². The van der Waals surface area contributed by atoms with Crippen LogP contribution in [-0.4, -0.2) is 4.98 Å². The van der Waals surface area contributed by atoms with Crippen molar-refractivity contribution in [3.8, 4) is 0 Å². The summed E-state index contributed by atoms with van der Waals surface area (Å²) < 4.78 is 5.39. The number of anilines is 1. The Balaban J connectivity index is 1.91. The van der Waals surface area contributed by atoms with Gasteiger partial charge in [-0.3, -0.25) is 0 Å². The van der Waals surface area contributed by atoms with E-state index in [-0.39, 0.29) is 0 Å². The first kappa shape index (κ1) is 10.6. The Morgan fingerprint density at radius 1 is 1.41 bits per heavy atom. The molecule has 0 unspecified atom stereocenters. The van der Waals surface area contributed by atoms with Gasteiger partial charge in [0.25, 0.3) is 0 Å². The molecule has 86 valence electrons. The lowest BCUT2D eigenvalue weighted by Crippen LogP contribution is -1.98. The molecule has 17 heavy (non-hydrogen) atoms. The predicted octanol–water partition coefficient (Wildman–Crippen LogP) is 4.15. The van der Waals surface area contributed by atoms with Gasteiger partial charge in [0.05, 0.1) is 12.0 Å². The van der Waals surface area contributed by atoms with E-state index in [1.165, 1.54) is 4.88 Å². The van der Waals surface area contributed by atoms with Gasteiger partial charge in [-0.05, 0) is 11.4 Å². The molecule has 0 bridgehead atoms. The topological polar surface area (TPSA) is 38.1 Å². The highest BCUT2D eigenvalue weighted by atomic mass is 35.5. The molecule has 5 heteroatoms. The highest BCUT2D eigenvalue weighted by molar-refractivity contribution is 7.09. The van der Waals surface area contributed by atoms with Crippen molar-refractivity contribution in [1.29, 1.82) is 0 Å². The van der Waals surface area contributed by atoms with Crippen LogP contribution in [0.2, 0.25) is 5.15 Å². The molecule has 0 spiro atoms. The SMILES string of the molecule is Clc1cc(NCc2cccs2)c2occc2n1. The van der Waals surface area contributed by atoms with E-state index < -0.39 is 0 Å². The minimum absolute atomic E-state index is 0.465. The Kier molecular flexibility index (Phi) is 2.74. The molecule has 0 radical (unpaired) electrons. The van der Waals surface area contributed by atoms with Crippen molar-refractivity contribution in [2.75, 3.05) is 5.32 Å². The van der Waals surface area contributed by atoms with Crippen molar-refractivity contribution in [3.05, 3.63) is 45.9 Å². The number of pyridine rings is 1. The van der Waals surface area contributed by atoms with Crippen LogP contribution in [0.5, 0.6) is 0 Å². The van der Waals surface area contributed by atoms with E-state index in [0.29, 0.717) is 5.15 Å². The summed E-state index contributed by atoms with van der Waals surface area (Å²) in [5, 5.41) is 5.83. The number of nitrogens with zero attached hydrogens (tertiary/aromatic N) is 1. The second-order valence-electron chi connectivity index (χ2n) is 3.56. The molecule has 0 atom stereocenters. The Morgan fingerprint density at radius 3 is 3.18 bits per heavy atom. The number of nitrogens with one attached hydrogen (secondary N) is 1. The highest BCUT2D eigenvalue weighted by Crippen LogP contribution is 2.26. The van der Waals surface area contributed by atoms with Gasteiger partial charge in [-0.2, -0.15) is 0 Å². The number of halogens is 1. The molecule has 0 saturated carbocycles. The molecular weight excluding hydrogens is 256 g/mol. The molecule has 3 rings (SSSR count). The van der Waals surface area contributed by atoms with E-state index >= 15 is 0 Å². The second-order valence-corrected chi connectivity index (χ2v) is 4.98. The van der Waals surface area contributed by atoms with E-state index in [9.17, 15) is 0 Å². The Bertz CT molecular complexity index is 633. The summed E-state index contributed by atoms with van der Waals surface area (Å²) in [5.74, 6) is 0. The number of hydrogen-bond acceptors (Lipinski definition) is 4. The maximum Gasteiger partial charge on any atom is 0.175 e. The van der Waals surface area contributed by atoms with Crippen LogP contribution in [0, 0.1) is 0 Å². The summed E-state index contributed by atoms with van der Waals surface area (Å²) in [6, 6.07) is 7.70. The number of fused-ring (bicyclic) bond motifs is 1. The third-order valence-corrected chi connectivity index (χ3v) is 3.48. The minimum Gasteiger partial charge on any atom is -0.460 e. The fraction of sp³-hybridized carbons (Fsp3) is 0.0833. The summed E-state index contributed by atoms with van der Waals surface area (Å²) >= 11 is 7.66. The van der Waals surface area contributed by atoms with Gasteiger partial charge in [-0.1, -0.05) is 17.7 Å². The van der Waals surface area contributed by atoms with Gasteiger partial charge >= 0.3 is 0 Å². The molecule has 0 fully saturated rings. The van der Waals surface area contributed by atoms with Crippen molar-refractivity contribution in [3.63, 3.8) is 0 Å². The lowest BCUT2D eigenvalue weighted by molar-refractivity contribution is 0.616. The lowest BCUT2D eigenvalue weighted by Gasteiger charge is -2.05. The van der Waals surface area contributed by atoms with Gasteiger partial charge in [0.15, 0.2) is 5.58 Å². The van der Waals surface area contributed by atoms with Crippen LogP contribution >= 0.6 is 22.9 Å². The maximum atomic E-state index is 5.95. The smallest absolute Gasteiger partial charge is 0.175 e. The van der Waals surface area contributed by atoms with Crippen molar-refractivity contribution in [2.45, 2.75) is 6.54 Å². The second kappa shape index (κ2) is 4.39. The van der Waals surface area contributed by atoms with Crippen molar-refractivity contribution in [2.24, 2.45) is 0 Å². The highest BCUT2D eigenvalue weighted by Gasteiger charge is 2.07. The molecule has 0 aliphatic carbocycles. The molecule has 3 aromatic heterocycles. The van der Waals surface area contributed by atoms with Crippen LogP contribution in [0.25, 0.3) is 11.1 Å². The van der Waals surface area contributed by atoms with E-state index in [1.807, 2.05) is 6.07 Å². The van der Waals surface area contributed by atoms with Crippen LogP contribution in [0.15, 0.2) is 40.3 Å². The molecule has 0 aromatic carbocycles. The van der Waals surface area contributed by atoms with Gasteiger partial charge < -0.3 is 9.73 Å². The summed E-state index contributed by atoms with van der Waals surface area (Å²) in [6.07, 6.45) is 1.62. The number of aromatic nitrogens is 1. The standard InChI is InChI=1S/C12H9ClN2OS/c13-11-6-10(12-9(15-11)3-4-16-12)14-7-8-2-1-5-17-8/h1-6H,7H2,(H,14,15). The zero-order valence-electron chi connectivity index (χ0n) is 8.81. The van der Waals surface area contributed by atoms with Crippen LogP contribution in [0.3, 0.4) is 0 Å². The number of hydrogen-bond donors (Lipinski definition) is 1. The van der Waals surface area contributed by atoms with Gasteiger partial charge in [0, 0.05) is 23.6 Å². The fourth-order valence-corrected chi connectivity index (χ4v) is 2.50. The average molecular weight is 265 g/mol. The third kappa shape index (κ3) is 2.14. The van der Waals surface area contributed by atoms with E-state index in [4.69, 9.17) is 16.0 Å². The van der Waals surface area contributed by atoms with Crippen molar-refractivity contribution < 1.29 is 4.42 Å². The molecule has 3 nitrogen and oxygen atoms in total. The monoisotopic (exact) mass is 264 g/mol. The molecule has 0 amide bonds. The lowest BCUT2D eigenvalue weighted by atomic mass is 10.3. The molecule has 0 aliphatic rings. The van der Waals surface area contributed by atoms with Gasteiger partial charge in [-0.25, -0.2) is 4.98 Å². The molecule has 1 N–H and O–H groups in total. The summed E-state index contributed by atoms with van der Waals surface area (Å²) in [4.78, 5) is 5.44. The summed E-state index contributed by atoms with van der Waals surface area (Å²) in [6.45, 7) is 0.758. The van der Waals surface area contributed by atoms with E-state index in [2.05, 4.69) is 21.7 Å². The molecule has 0 aliphatic heterocycles. The van der Waals surface area contributed by atoms with Gasteiger partial charge in [0.1, 0.15) is 10.7 Å². The first-order valence-electron chi connectivity index (χ1n) is 5.13. The predicted molar refractivity (Wildman–Crippen MR) is 70.7 cm³/mol. The Morgan fingerprint density at radius 2 is 2.35 bits per heavy atom. The molecular formula is C12H9ClN2OS. The first-order chi connectivity index (χ1) is 8.33. The third-order valence-electron chi connectivity index (χ3n) is 2.41. The summed E-state index contributed by atoms with van der Waals surface area (Å²) in [7, 11) is 0. The van der Waals surface area contributed by atoms with Crippen LogP contribution in [0.4, 0.5) is 5.69 Å². The van der Waals surface area contributed by atoms with Crippen LogP contribution in [0.1, 0.15) is 4.88 Å². The van der Waals surface area contributed by atoms with Crippen molar-refractivity contribution >= 4 is 39.7 Å². The fourth-order valence-electron chi connectivity index (χ4n) is 1.65. The Hall–Kier alpha value is -1.52. The number of rotatable bonds is 3. The minimum atomic E-state index is 0.465. The van der Waals surface area contributed by atoms with Gasteiger partial charge in [-0.15, -0.1) is 11.3 Å². The zero-order chi connectivity index (χ0) is 11.7. The normalized spacial score (nSPS) is 10.9. The maximum absolute atomic E-state index is 5.95. The van der Waals surface area contributed by atoms with Gasteiger partial charge in [0.2, 0.25) is 0 Å². The quantitative estimate of drug-likeness (QED) is 0.722. The largest absolute Gasteiger partial charge is 0.460 e. The zero-order valence-corrected chi connectivity index (χ0v) is 10.4. The van der Waals surface area contributed by atoms with E-state index in [0.717, 1.165) is 23.3 Å². The van der Waals surface area contributed by atoms with Crippen LogP contribution < -0.4 is 5.32 Å². The number of furan rings is 1.